The zero-order chi connectivity index (χ0) is 25.9. The Morgan fingerprint density at radius 2 is 1.74 bits per heavy atom. The Labute approximate surface area is 229 Å². The van der Waals surface area contributed by atoms with Gasteiger partial charge in [-0.15, -0.1) is 24.8 Å². The summed E-state index contributed by atoms with van der Waals surface area (Å²) < 4.78 is 49.9. The molecule has 4 N–H and O–H groups in total. The number of carbonyl (C=O) groups excluding carboxylic acids is 1. The van der Waals surface area contributed by atoms with E-state index in [-0.39, 0.29) is 42.7 Å². The van der Waals surface area contributed by atoms with E-state index in [1.807, 2.05) is 38.1 Å². The van der Waals surface area contributed by atoms with Crippen molar-refractivity contribution in [1.29, 1.82) is 0 Å². The number of hydrogen-bond donors (Lipinski definition) is 3. The Bertz CT molecular complexity index is 1360. The van der Waals surface area contributed by atoms with Gasteiger partial charge in [0, 0.05) is 41.8 Å². The molecule has 12 heteroatoms. The van der Waals surface area contributed by atoms with Crippen LogP contribution < -0.4 is 20.5 Å². The van der Waals surface area contributed by atoms with Crippen LogP contribution in [0.15, 0.2) is 60.8 Å². The Morgan fingerprint density at radius 1 is 1.05 bits per heavy atom. The Morgan fingerprint density at radius 3 is 2.32 bits per heavy atom. The maximum atomic E-state index is 12.9. The molecule has 0 aliphatic carbocycles. The first-order valence-electron chi connectivity index (χ1n) is 11.3. The number of aromatic amines is 1. The number of pyridine rings is 1. The molecule has 7 nitrogen and oxygen atoms in total. The topological polar surface area (TPSA) is 102 Å². The third-order valence-corrected chi connectivity index (χ3v) is 5.23. The molecule has 0 saturated carbocycles. The molecule has 4 rings (SSSR count). The third kappa shape index (κ3) is 7.09. The Kier molecular flexibility index (Phi) is 10.4. The summed E-state index contributed by atoms with van der Waals surface area (Å²) >= 11 is 0. The largest absolute Gasteiger partial charge is 0.491 e. The van der Waals surface area contributed by atoms with E-state index < -0.39 is 11.7 Å². The second kappa shape index (κ2) is 12.9. The zero-order valence-corrected chi connectivity index (χ0v) is 22.1. The van der Waals surface area contributed by atoms with E-state index in [0.29, 0.717) is 46.7 Å². The second-order valence-corrected chi connectivity index (χ2v) is 8.30. The van der Waals surface area contributed by atoms with Gasteiger partial charge in [-0.05, 0) is 55.8 Å². The lowest BCUT2D eigenvalue weighted by Crippen LogP contribution is -2.29. The number of aromatic nitrogens is 2. The number of nitrogens with one attached hydrogen (secondary N) is 2. The lowest BCUT2D eigenvalue weighted by molar-refractivity contribution is -0.137. The third-order valence-electron chi connectivity index (χ3n) is 5.23. The van der Waals surface area contributed by atoms with Crippen molar-refractivity contribution in [2.45, 2.75) is 26.1 Å². The molecule has 1 amide bonds. The smallest absolute Gasteiger partial charge is 0.417 e. The maximum absolute atomic E-state index is 12.9. The maximum Gasteiger partial charge on any atom is 0.417 e. The molecule has 0 unspecified atom stereocenters. The monoisotopic (exact) mass is 570 g/mol. The minimum Gasteiger partial charge on any atom is -0.491 e. The first kappa shape index (κ1) is 30.8. The number of rotatable bonds is 8. The first-order chi connectivity index (χ1) is 17.2. The predicted molar refractivity (Wildman–Crippen MR) is 145 cm³/mol. The van der Waals surface area contributed by atoms with Crippen LogP contribution in [0.2, 0.25) is 0 Å². The van der Waals surface area contributed by atoms with Gasteiger partial charge in [0.15, 0.2) is 0 Å². The van der Waals surface area contributed by atoms with Crippen molar-refractivity contribution in [3.8, 4) is 28.5 Å². The van der Waals surface area contributed by atoms with E-state index in [1.165, 1.54) is 0 Å². The molecule has 0 fully saturated rings. The molecule has 4 aromatic rings. The van der Waals surface area contributed by atoms with E-state index in [1.54, 1.807) is 18.2 Å². The van der Waals surface area contributed by atoms with Crippen molar-refractivity contribution in [3.05, 3.63) is 72.1 Å². The van der Waals surface area contributed by atoms with Crippen molar-refractivity contribution in [2.75, 3.05) is 13.1 Å². The lowest BCUT2D eigenvalue weighted by Gasteiger charge is -2.11. The fraction of sp³-hybridized carbons (Fsp3) is 0.231. The molecule has 0 atom stereocenters. The minimum atomic E-state index is -4.49. The van der Waals surface area contributed by atoms with Gasteiger partial charge in [-0.2, -0.15) is 13.2 Å². The summed E-state index contributed by atoms with van der Waals surface area (Å²) in [4.78, 5) is 19.8. The van der Waals surface area contributed by atoms with E-state index in [0.717, 1.165) is 23.9 Å². The molecule has 204 valence electrons. The molecule has 0 spiro atoms. The van der Waals surface area contributed by atoms with Crippen LogP contribution in [0.4, 0.5) is 13.2 Å². The van der Waals surface area contributed by atoms with E-state index in [2.05, 4.69) is 15.3 Å². The number of carbonyl (C=O) groups is 1. The molecule has 2 aromatic carbocycles. The van der Waals surface area contributed by atoms with E-state index in [4.69, 9.17) is 15.2 Å². The van der Waals surface area contributed by atoms with Crippen LogP contribution in [0.3, 0.4) is 0 Å². The van der Waals surface area contributed by atoms with Gasteiger partial charge in [0.2, 0.25) is 5.88 Å². The standard InChI is InChI=1S/C26H25F3N4O3.2ClH/c1-15(2)35-18-6-3-16(4-7-18)23-20-13-19(36-22-10-5-17(14-32-22)26(27,28)29)8-9-21(20)33-24(23)25(34)31-12-11-30;;/h3-10,13-15,33H,11-12,30H2,1-2H3,(H,31,34);2*1H. The van der Waals surface area contributed by atoms with E-state index in [9.17, 15) is 18.0 Å². The molecule has 0 saturated heterocycles. The number of alkyl halides is 3. The lowest BCUT2D eigenvalue weighted by atomic mass is 10.0. The number of benzene rings is 2. The van der Waals surface area contributed by atoms with Gasteiger partial charge < -0.3 is 25.5 Å². The van der Waals surface area contributed by atoms with Gasteiger partial charge in [0.25, 0.3) is 5.91 Å². The number of H-pyrrole nitrogens is 1. The highest BCUT2D eigenvalue weighted by Gasteiger charge is 2.30. The van der Waals surface area contributed by atoms with Crippen LogP contribution in [0.25, 0.3) is 22.0 Å². The molecule has 2 heterocycles. The molecular weight excluding hydrogens is 544 g/mol. The average Bonchev–Trinajstić information content (AvgIpc) is 3.21. The van der Waals surface area contributed by atoms with Crippen LogP contribution in [0, 0.1) is 0 Å². The number of halogens is 5. The molecule has 0 aliphatic heterocycles. The fourth-order valence-corrected chi connectivity index (χ4v) is 3.68. The van der Waals surface area contributed by atoms with Gasteiger partial charge in [-0.25, -0.2) is 4.98 Å². The van der Waals surface area contributed by atoms with Gasteiger partial charge in [0.1, 0.15) is 17.2 Å². The molecule has 0 radical (unpaired) electrons. The van der Waals surface area contributed by atoms with Crippen LogP contribution in [0.5, 0.6) is 17.4 Å². The highest BCUT2D eigenvalue weighted by molar-refractivity contribution is 6.10. The highest BCUT2D eigenvalue weighted by Crippen LogP contribution is 2.37. The number of nitrogens with zero attached hydrogens (tertiary/aromatic N) is 1. The number of hydrogen-bond acceptors (Lipinski definition) is 5. The van der Waals surface area contributed by atoms with Crippen molar-refractivity contribution >= 4 is 41.6 Å². The van der Waals surface area contributed by atoms with Crippen molar-refractivity contribution < 1.29 is 27.4 Å². The predicted octanol–water partition coefficient (Wildman–Crippen LogP) is 6.36. The Balaban J connectivity index is 0.00000253. The van der Waals surface area contributed by atoms with Crippen LogP contribution in [0.1, 0.15) is 29.9 Å². The molecule has 2 aromatic heterocycles. The minimum absolute atomic E-state index is 0. The summed E-state index contributed by atoms with van der Waals surface area (Å²) in [5, 5.41) is 3.47. The Hall–Kier alpha value is -3.47. The first-order valence-corrected chi connectivity index (χ1v) is 11.3. The van der Waals surface area contributed by atoms with Gasteiger partial charge >= 0.3 is 6.18 Å². The molecule has 38 heavy (non-hydrogen) atoms. The highest BCUT2D eigenvalue weighted by atomic mass is 35.5. The molecule has 0 aliphatic rings. The SMILES string of the molecule is CC(C)Oc1ccc(-c2c(C(=O)NCCN)[nH]c3ccc(Oc4ccc(C(F)(F)F)cn4)cc23)cc1.Cl.Cl. The summed E-state index contributed by atoms with van der Waals surface area (Å²) in [7, 11) is 0. The molecular formula is C26H27Cl2F3N4O3. The van der Waals surface area contributed by atoms with Crippen molar-refractivity contribution in [3.63, 3.8) is 0 Å². The summed E-state index contributed by atoms with van der Waals surface area (Å²) in [6.07, 6.45) is -3.75. The quantitative estimate of drug-likeness (QED) is 0.229. The van der Waals surface area contributed by atoms with Gasteiger partial charge in [0.05, 0.1) is 11.7 Å². The van der Waals surface area contributed by atoms with Crippen molar-refractivity contribution in [1.82, 2.24) is 15.3 Å². The van der Waals surface area contributed by atoms with Crippen LogP contribution >= 0.6 is 24.8 Å². The van der Waals surface area contributed by atoms with Gasteiger partial charge in [-0.1, -0.05) is 12.1 Å². The number of nitrogens with two attached hydrogens (primary N) is 1. The second-order valence-electron chi connectivity index (χ2n) is 8.30. The van der Waals surface area contributed by atoms with Crippen LogP contribution in [-0.4, -0.2) is 35.1 Å². The number of fused-ring (bicyclic) bond motifs is 1. The average molecular weight is 571 g/mol. The summed E-state index contributed by atoms with van der Waals surface area (Å²) in [6, 6.07) is 14.5. The zero-order valence-electron chi connectivity index (χ0n) is 20.5. The summed E-state index contributed by atoms with van der Waals surface area (Å²) in [5.41, 5.74) is 7.10. The summed E-state index contributed by atoms with van der Waals surface area (Å²) in [6.45, 7) is 4.46. The number of ether oxygens (including phenoxy) is 2. The molecule has 0 bridgehead atoms. The van der Waals surface area contributed by atoms with Gasteiger partial charge in [-0.3, -0.25) is 4.79 Å². The number of amides is 1. The summed E-state index contributed by atoms with van der Waals surface area (Å²) in [5.74, 6) is 0.736. The normalized spacial score (nSPS) is 11.0. The van der Waals surface area contributed by atoms with E-state index >= 15 is 0 Å². The van der Waals surface area contributed by atoms with Crippen LogP contribution in [-0.2, 0) is 6.18 Å². The van der Waals surface area contributed by atoms with Crippen molar-refractivity contribution in [2.24, 2.45) is 5.73 Å². The fourth-order valence-electron chi connectivity index (χ4n) is 3.68.